The van der Waals surface area contributed by atoms with Gasteiger partial charge in [0, 0.05) is 20.6 Å². The number of nitrogens with one attached hydrogen (secondary N) is 2. The summed E-state index contributed by atoms with van der Waals surface area (Å²) in [4.78, 5) is 30.4. The molecule has 0 radical (unpaired) electrons. The maximum atomic E-state index is 12.1. The molecule has 7 heteroatoms. The van der Waals surface area contributed by atoms with Gasteiger partial charge in [-0.05, 0) is 6.42 Å². The van der Waals surface area contributed by atoms with E-state index < -0.39 is 5.69 Å². The number of hydrogen-bond acceptors (Lipinski definition) is 4. The van der Waals surface area contributed by atoms with E-state index in [0.717, 1.165) is 19.4 Å². The van der Waals surface area contributed by atoms with Crippen molar-refractivity contribution in [2.24, 2.45) is 7.05 Å². The molecule has 21 heavy (non-hydrogen) atoms. The summed E-state index contributed by atoms with van der Waals surface area (Å²) in [7, 11) is 3.37. The van der Waals surface area contributed by atoms with Crippen molar-refractivity contribution < 1.29 is 0 Å². The second-order valence-corrected chi connectivity index (χ2v) is 5.24. The number of nitrogens with zero attached hydrogens (tertiary/aromatic N) is 3. The zero-order valence-electron chi connectivity index (χ0n) is 12.9. The van der Waals surface area contributed by atoms with Gasteiger partial charge in [0.15, 0.2) is 11.2 Å². The van der Waals surface area contributed by atoms with Gasteiger partial charge in [-0.1, -0.05) is 32.6 Å². The first-order valence-electron chi connectivity index (χ1n) is 7.47. The van der Waals surface area contributed by atoms with Crippen LogP contribution in [-0.2, 0) is 13.6 Å². The molecule has 2 rings (SSSR count). The minimum absolute atomic E-state index is 0.379. The monoisotopic (exact) mass is 293 g/mol. The molecule has 0 unspecified atom stereocenters. The lowest BCUT2D eigenvalue weighted by molar-refractivity contribution is 0.577. The van der Waals surface area contributed by atoms with Gasteiger partial charge in [-0.15, -0.1) is 0 Å². The van der Waals surface area contributed by atoms with Crippen LogP contribution >= 0.6 is 0 Å². The van der Waals surface area contributed by atoms with Gasteiger partial charge in [-0.2, -0.15) is 4.98 Å². The topological polar surface area (TPSA) is 84.7 Å². The van der Waals surface area contributed by atoms with Gasteiger partial charge in [0.05, 0.1) is 0 Å². The van der Waals surface area contributed by atoms with Gasteiger partial charge in [0.1, 0.15) is 0 Å². The summed E-state index contributed by atoms with van der Waals surface area (Å²) in [5.41, 5.74) is 0.0528. The Morgan fingerprint density at radius 1 is 1.19 bits per heavy atom. The number of imidazole rings is 1. The summed E-state index contributed by atoms with van der Waals surface area (Å²) in [5.74, 6) is 0.618. The molecule has 0 aliphatic carbocycles. The van der Waals surface area contributed by atoms with Crippen LogP contribution in [0.2, 0.25) is 0 Å². The van der Waals surface area contributed by atoms with Gasteiger partial charge in [-0.3, -0.25) is 14.3 Å². The van der Waals surface area contributed by atoms with Crippen LogP contribution in [0.4, 0.5) is 5.95 Å². The molecule has 2 aromatic heterocycles. The smallest absolute Gasteiger partial charge is 0.329 e. The number of anilines is 1. The molecule has 7 nitrogen and oxygen atoms in total. The molecule has 0 aliphatic rings. The van der Waals surface area contributed by atoms with E-state index in [1.165, 1.54) is 23.8 Å². The number of aromatic nitrogens is 4. The Labute approximate surface area is 123 Å². The molecule has 2 N–H and O–H groups in total. The van der Waals surface area contributed by atoms with Crippen LogP contribution in [0.1, 0.15) is 39.0 Å². The van der Waals surface area contributed by atoms with Crippen molar-refractivity contribution in [1.29, 1.82) is 0 Å². The number of fused-ring (bicyclic) bond motifs is 1. The van der Waals surface area contributed by atoms with Gasteiger partial charge in [0.2, 0.25) is 5.95 Å². The van der Waals surface area contributed by atoms with Crippen molar-refractivity contribution in [3.05, 3.63) is 20.8 Å². The Kier molecular flexibility index (Phi) is 4.82. The van der Waals surface area contributed by atoms with E-state index in [2.05, 4.69) is 22.2 Å². The van der Waals surface area contributed by atoms with E-state index in [9.17, 15) is 9.59 Å². The summed E-state index contributed by atoms with van der Waals surface area (Å²) < 4.78 is 3.23. The van der Waals surface area contributed by atoms with Crippen molar-refractivity contribution in [1.82, 2.24) is 19.1 Å². The number of aryl methyl sites for hydroxylation is 2. The first-order chi connectivity index (χ1) is 10.1. The molecular formula is C14H23N5O2. The highest BCUT2D eigenvalue weighted by Gasteiger charge is 2.15. The third kappa shape index (κ3) is 3.01. The average Bonchev–Trinajstić information content (AvgIpc) is 2.84. The van der Waals surface area contributed by atoms with Crippen molar-refractivity contribution in [2.75, 3.05) is 12.4 Å². The van der Waals surface area contributed by atoms with E-state index in [1.54, 1.807) is 14.1 Å². The predicted octanol–water partition coefficient (Wildman–Crippen LogP) is 1.44. The molecule has 0 aromatic carbocycles. The van der Waals surface area contributed by atoms with E-state index >= 15 is 0 Å². The van der Waals surface area contributed by atoms with Gasteiger partial charge in [0.25, 0.3) is 5.56 Å². The molecule has 0 fully saturated rings. The average molecular weight is 293 g/mol. The number of H-pyrrole nitrogens is 1. The molecule has 116 valence electrons. The SMILES string of the molecule is CCCCCCCn1c(NC)nc2c1c(=O)[nH]c(=O)n2C. The number of unbranched alkanes of at least 4 members (excludes halogenated alkanes) is 4. The Morgan fingerprint density at radius 2 is 1.90 bits per heavy atom. The Balaban J connectivity index is 2.35. The molecule has 2 aromatic rings. The third-order valence-corrected chi connectivity index (χ3v) is 3.72. The first kappa shape index (κ1) is 15.3. The third-order valence-electron chi connectivity index (χ3n) is 3.72. The van der Waals surface area contributed by atoms with E-state index in [-0.39, 0.29) is 5.56 Å². The fraction of sp³-hybridized carbons (Fsp3) is 0.643. The molecule has 0 bridgehead atoms. The fourth-order valence-electron chi connectivity index (χ4n) is 2.52. The highest BCUT2D eigenvalue weighted by Crippen LogP contribution is 2.16. The van der Waals surface area contributed by atoms with Gasteiger partial charge >= 0.3 is 5.69 Å². The number of aromatic amines is 1. The van der Waals surface area contributed by atoms with Crippen molar-refractivity contribution >= 4 is 17.1 Å². The summed E-state index contributed by atoms with van der Waals surface area (Å²) in [5, 5.41) is 2.99. The Bertz CT molecular complexity index is 725. The summed E-state index contributed by atoms with van der Waals surface area (Å²) in [6, 6.07) is 0. The van der Waals surface area contributed by atoms with Crippen LogP contribution in [-0.4, -0.2) is 26.1 Å². The zero-order valence-corrected chi connectivity index (χ0v) is 12.9. The van der Waals surface area contributed by atoms with Crippen LogP contribution in [0, 0.1) is 0 Å². The Hall–Kier alpha value is -2.05. The molecule has 0 aliphatic heterocycles. The highest BCUT2D eigenvalue weighted by atomic mass is 16.2. The van der Waals surface area contributed by atoms with Crippen LogP contribution in [0.5, 0.6) is 0 Å². The second kappa shape index (κ2) is 6.60. The lowest BCUT2D eigenvalue weighted by atomic mass is 10.1. The van der Waals surface area contributed by atoms with Crippen LogP contribution in [0.25, 0.3) is 11.2 Å². The molecule has 2 heterocycles. The van der Waals surface area contributed by atoms with E-state index in [1.807, 2.05) is 4.57 Å². The van der Waals surface area contributed by atoms with Crippen LogP contribution < -0.4 is 16.6 Å². The molecule has 0 amide bonds. The molecule has 0 atom stereocenters. The predicted molar refractivity (Wildman–Crippen MR) is 83.9 cm³/mol. The maximum Gasteiger partial charge on any atom is 0.329 e. The molecule has 0 saturated carbocycles. The zero-order chi connectivity index (χ0) is 15.4. The first-order valence-corrected chi connectivity index (χ1v) is 7.47. The normalized spacial score (nSPS) is 11.2. The quantitative estimate of drug-likeness (QED) is 0.756. The van der Waals surface area contributed by atoms with Crippen molar-refractivity contribution in [3.8, 4) is 0 Å². The summed E-state index contributed by atoms with van der Waals surface area (Å²) in [6.07, 6.45) is 5.76. The summed E-state index contributed by atoms with van der Waals surface area (Å²) >= 11 is 0. The Morgan fingerprint density at radius 3 is 2.57 bits per heavy atom. The van der Waals surface area contributed by atoms with E-state index in [4.69, 9.17) is 0 Å². The largest absolute Gasteiger partial charge is 0.359 e. The number of rotatable bonds is 7. The van der Waals surface area contributed by atoms with Crippen LogP contribution in [0.3, 0.4) is 0 Å². The second-order valence-electron chi connectivity index (χ2n) is 5.24. The minimum atomic E-state index is -0.442. The number of hydrogen-bond donors (Lipinski definition) is 2. The lowest BCUT2D eigenvalue weighted by Gasteiger charge is -2.07. The fourth-order valence-corrected chi connectivity index (χ4v) is 2.52. The van der Waals surface area contributed by atoms with Gasteiger partial charge in [-0.25, -0.2) is 4.79 Å². The maximum absolute atomic E-state index is 12.1. The van der Waals surface area contributed by atoms with Gasteiger partial charge < -0.3 is 9.88 Å². The van der Waals surface area contributed by atoms with Crippen LogP contribution in [0.15, 0.2) is 9.59 Å². The van der Waals surface area contributed by atoms with Crippen molar-refractivity contribution in [2.45, 2.75) is 45.6 Å². The van der Waals surface area contributed by atoms with E-state index in [0.29, 0.717) is 17.1 Å². The molecular weight excluding hydrogens is 270 g/mol. The molecule has 0 saturated heterocycles. The minimum Gasteiger partial charge on any atom is -0.359 e. The lowest BCUT2D eigenvalue weighted by Crippen LogP contribution is -2.29. The summed E-state index contributed by atoms with van der Waals surface area (Å²) in [6.45, 7) is 2.90. The van der Waals surface area contributed by atoms with Crippen molar-refractivity contribution in [3.63, 3.8) is 0 Å². The molecule has 0 spiro atoms. The standard InChI is InChI=1S/C14H23N5O2/c1-4-5-6-7-8-9-19-10-11(16-13(19)15-2)18(3)14(21)17-12(10)20/h4-9H2,1-3H3,(H,15,16)(H,17,20,21). The highest BCUT2D eigenvalue weighted by molar-refractivity contribution is 5.74.